The zero-order valence-corrected chi connectivity index (χ0v) is 13.0. The number of carbonyl (C=O) groups is 2. The van der Waals surface area contributed by atoms with Gasteiger partial charge in [-0.1, -0.05) is 32.3 Å². The fraction of sp³-hybridized carbons (Fsp3) is 0.500. The van der Waals surface area contributed by atoms with Gasteiger partial charge in [-0.3, -0.25) is 0 Å². The van der Waals surface area contributed by atoms with Crippen LogP contribution in [0.4, 0.5) is 0 Å². The van der Waals surface area contributed by atoms with Crippen LogP contribution in [0.25, 0.3) is 0 Å². The molecule has 0 aromatic heterocycles. The molecule has 1 aromatic carbocycles. The molecule has 0 spiro atoms. The third kappa shape index (κ3) is 6.63. The summed E-state index contributed by atoms with van der Waals surface area (Å²) in [5.74, 6) is -0.669. The SMILES string of the molecule is CCCCCCOC(=O)c1cccc(C(=O)OCCCl)c1. The average molecular weight is 313 g/mol. The van der Waals surface area contributed by atoms with E-state index in [-0.39, 0.29) is 12.5 Å². The average Bonchev–Trinajstić information content (AvgIpc) is 2.52. The summed E-state index contributed by atoms with van der Waals surface area (Å²) in [6, 6.07) is 6.32. The molecule has 0 aliphatic rings. The summed E-state index contributed by atoms with van der Waals surface area (Å²) in [5, 5.41) is 0. The lowest BCUT2D eigenvalue weighted by Crippen LogP contribution is -2.10. The maximum Gasteiger partial charge on any atom is 0.338 e. The molecule has 0 bridgehead atoms. The summed E-state index contributed by atoms with van der Waals surface area (Å²) in [4.78, 5) is 23.5. The normalized spacial score (nSPS) is 10.2. The van der Waals surface area contributed by atoms with Gasteiger partial charge in [0.05, 0.1) is 23.6 Å². The molecule has 0 radical (unpaired) electrons. The van der Waals surface area contributed by atoms with Crippen LogP contribution in [-0.2, 0) is 9.47 Å². The molecule has 21 heavy (non-hydrogen) atoms. The van der Waals surface area contributed by atoms with Gasteiger partial charge in [0.25, 0.3) is 0 Å². The first-order chi connectivity index (χ1) is 10.2. The number of carbonyl (C=O) groups excluding carboxylic acids is 2. The van der Waals surface area contributed by atoms with Crippen molar-refractivity contribution in [3.63, 3.8) is 0 Å². The van der Waals surface area contributed by atoms with Gasteiger partial charge in [-0.15, -0.1) is 11.6 Å². The Morgan fingerprint density at radius 1 is 1.00 bits per heavy atom. The molecule has 0 aliphatic heterocycles. The summed E-state index contributed by atoms with van der Waals surface area (Å²) < 4.78 is 10.1. The highest BCUT2D eigenvalue weighted by molar-refractivity contribution is 6.18. The van der Waals surface area contributed by atoms with Crippen LogP contribution in [0.1, 0.15) is 53.3 Å². The minimum Gasteiger partial charge on any atom is -0.462 e. The molecule has 0 saturated carbocycles. The number of rotatable bonds is 9. The van der Waals surface area contributed by atoms with Crippen molar-refractivity contribution in [2.45, 2.75) is 32.6 Å². The van der Waals surface area contributed by atoms with Crippen molar-refractivity contribution in [2.24, 2.45) is 0 Å². The maximum atomic E-state index is 11.9. The summed E-state index contributed by atoms with van der Waals surface area (Å²) in [5.41, 5.74) is 0.673. The third-order valence-corrected chi connectivity index (χ3v) is 3.03. The van der Waals surface area contributed by atoms with Crippen LogP contribution in [0, 0.1) is 0 Å². The van der Waals surface area contributed by atoms with E-state index in [0.29, 0.717) is 17.7 Å². The molecule has 0 saturated heterocycles. The van der Waals surface area contributed by atoms with Gasteiger partial charge in [-0.05, 0) is 24.6 Å². The lowest BCUT2D eigenvalue weighted by molar-refractivity contribution is 0.0497. The molecule has 0 N–H and O–H groups in total. The second-order valence-corrected chi connectivity index (χ2v) is 4.98. The quantitative estimate of drug-likeness (QED) is 0.395. The third-order valence-electron chi connectivity index (χ3n) is 2.88. The Balaban J connectivity index is 2.50. The van der Waals surface area contributed by atoms with Crippen molar-refractivity contribution in [3.8, 4) is 0 Å². The Morgan fingerprint density at radius 3 is 2.19 bits per heavy atom. The van der Waals surface area contributed by atoms with Crippen LogP contribution < -0.4 is 0 Å². The van der Waals surface area contributed by atoms with Crippen LogP contribution >= 0.6 is 11.6 Å². The molecule has 0 heterocycles. The fourth-order valence-electron chi connectivity index (χ4n) is 1.76. The van der Waals surface area contributed by atoms with Gasteiger partial charge < -0.3 is 9.47 Å². The van der Waals surface area contributed by atoms with E-state index in [9.17, 15) is 9.59 Å². The highest BCUT2D eigenvalue weighted by atomic mass is 35.5. The van der Waals surface area contributed by atoms with Crippen molar-refractivity contribution in [3.05, 3.63) is 35.4 Å². The van der Waals surface area contributed by atoms with E-state index >= 15 is 0 Å². The number of ether oxygens (including phenoxy) is 2. The van der Waals surface area contributed by atoms with Crippen molar-refractivity contribution < 1.29 is 19.1 Å². The Hall–Kier alpha value is -1.55. The van der Waals surface area contributed by atoms with Gasteiger partial charge >= 0.3 is 11.9 Å². The Labute approximate surface area is 130 Å². The Kier molecular flexibility index (Phi) is 8.51. The molecular formula is C16H21ClO4. The lowest BCUT2D eigenvalue weighted by Gasteiger charge is -2.06. The van der Waals surface area contributed by atoms with Crippen LogP contribution in [-0.4, -0.2) is 31.0 Å². The minimum absolute atomic E-state index is 0.145. The highest BCUT2D eigenvalue weighted by Gasteiger charge is 2.12. The van der Waals surface area contributed by atoms with Crippen molar-refractivity contribution in [2.75, 3.05) is 19.1 Å². The number of unbranched alkanes of at least 4 members (excludes halogenated alkanes) is 3. The molecule has 5 heteroatoms. The largest absolute Gasteiger partial charge is 0.462 e. The fourth-order valence-corrected chi connectivity index (χ4v) is 1.84. The van der Waals surface area contributed by atoms with Gasteiger partial charge in [0.2, 0.25) is 0 Å². The zero-order valence-electron chi connectivity index (χ0n) is 12.3. The maximum absolute atomic E-state index is 11.9. The standard InChI is InChI=1S/C16H21ClO4/c1-2-3-4-5-10-20-15(18)13-7-6-8-14(12-13)16(19)21-11-9-17/h6-8,12H,2-5,9-11H2,1H3. The van der Waals surface area contributed by atoms with Gasteiger partial charge in [0, 0.05) is 0 Å². The van der Waals surface area contributed by atoms with Crippen molar-refractivity contribution >= 4 is 23.5 Å². The topological polar surface area (TPSA) is 52.6 Å². The minimum atomic E-state index is -0.492. The van der Waals surface area contributed by atoms with Crippen LogP contribution in [0.2, 0.25) is 0 Å². The molecular weight excluding hydrogens is 292 g/mol. The van der Waals surface area contributed by atoms with E-state index in [1.807, 2.05) is 0 Å². The predicted molar refractivity (Wildman–Crippen MR) is 81.9 cm³/mol. The zero-order chi connectivity index (χ0) is 15.5. The lowest BCUT2D eigenvalue weighted by atomic mass is 10.1. The summed E-state index contributed by atoms with van der Waals surface area (Å²) in [6.45, 7) is 2.67. The number of esters is 2. The van der Waals surface area contributed by atoms with Gasteiger partial charge in [-0.2, -0.15) is 0 Å². The van der Waals surface area contributed by atoms with Gasteiger partial charge in [0.1, 0.15) is 6.61 Å². The first-order valence-electron chi connectivity index (χ1n) is 7.19. The predicted octanol–water partition coefficient (Wildman–Crippen LogP) is 3.82. The first-order valence-corrected chi connectivity index (χ1v) is 7.72. The molecule has 0 aliphatic carbocycles. The number of benzene rings is 1. The molecule has 0 fully saturated rings. The first kappa shape index (κ1) is 17.5. The van der Waals surface area contributed by atoms with Crippen LogP contribution in [0.5, 0.6) is 0 Å². The molecule has 0 amide bonds. The van der Waals surface area contributed by atoms with Gasteiger partial charge in [-0.25, -0.2) is 9.59 Å². The monoisotopic (exact) mass is 312 g/mol. The van der Waals surface area contributed by atoms with E-state index in [2.05, 4.69) is 6.92 Å². The molecule has 0 atom stereocenters. The molecule has 4 nitrogen and oxygen atoms in total. The molecule has 0 unspecified atom stereocenters. The van der Waals surface area contributed by atoms with E-state index in [1.165, 1.54) is 6.07 Å². The Morgan fingerprint density at radius 2 is 1.62 bits per heavy atom. The second kappa shape index (κ2) is 10.2. The number of alkyl halides is 1. The smallest absolute Gasteiger partial charge is 0.338 e. The summed E-state index contributed by atoms with van der Waals surface area (Å²) >= 11 is 5.46. The van der Waals surface area contributed by atoms with Crippen LogP contribution in [0.3, 0.4) is 0 Å². The molecule has 1 rings (SSSR count). The van der Waals surface area contributed by atoms with Gasteiger partial charge in [0.15, 0.2) is 0 Å². The van der Waals surface area contributed by atoms with Crippen molar-refractivity contribution in [1.82, 2.24) is 0 Å². The van der Waals surface area contributed by atoms with E-state index in [0.717, 1.165) is 25.7 Å². The van der Waals surface area contributed by atoms with E-state index < -0.39 is 11.9 Å². The summed E-state index contributed by atoms with van der Waals surface area (Å²) in [6.07, 6.45) is 4.19. The number of halogens is 1. The molecule has 1 aromatic rings. The highest BCUT2D eigenvalue weighted by Crippen LogP contribution is 2.09. The van der Waals surface area contributed by atoms with Crippen molar-refractivity contribution in [1.29, 1.82) is 0 Å². The van der Waals surface area contributed by atoms with E-state index in [1.54, 1.807) is 18.2 Å². The molecule has 116 valence electrons. The number of hydrogen-bond donors (Lipinski definition) is 0. The second-order valence-electron chi connectivity index (χ2n) is 4.60. The van der Waals surface area contributed by atoms with E-state index in [4.69, 9.17) is 21.1 Å². The number of hydrogen-bond acceptors (Lipinski definition) is 4. The Bertz CT molecular complexity index is 459. The summed E-state index contributed by atoms with van der Waals surface area (Å²) in [7, 11) is 0. The van der Waals surface area contributed by atoms with Crippen LogP contribution in [0.15, 0.2) is 24.3 Å².